The van der Waals surface area contributed by atoms with Crippen LogP contribution in [0.25, 0.3) is 0 Å². The second kappa shape index (κ2) is 2.81. The predicted molar refractivity (Wildman–Crippen MR) is 40.7 cm³/mol. The minimum absolute atomic E-state index is 0.358. The Hall–Kier alpha value is -0.990. The van der Waals surface area contributed by atoms with Gasteiger partial charge in [-0.25, -0.2) is 0 Å². The van der Waals surface area contributed by atoms with E-state index in [4.69, 9.17) is 0 Å². The van der Waals surface area contributed by atoms with Gasteiger partial charge in [0.2, 0.25) is 11.9 Å². The van der Waals surface area contributed by atoms with Crippen molar-refractivity contribution in [3.05, 3.63) is 29.6 Å². The van der Waals surface area contributed by atoms with E-state index in [-0.39, 0.29) is 0 Å². The van der Waals surface area contributed by atoms with Gasteiger partial charge in [-0.05, 0) is 36.5 Å². The molecule has 2 rings (SSSR count). The Morgan fingerprint density at radius 2 is 1.75 bits per heavy atom. The normalized spacial score (nSPS) is 17.5. The molecule has 1 saturated carbocycles. The van der Waals surface area contributed by atoms with Gasteiger partial charge in [0.25, 0.3) is 0 Å². The molecule has 0 radical (unpaired) electrons. The van der Waals surface area contributed by atoms with Gasteiger partial charge in [-0.15, -0.1) is 0 Å². The van der Waals surface area contributed by atoms with Crippen LogP contribution in [0.3, 0.4) is 0 Å². The van der Waals surface area contributed by atoms with Crippen molar-refractivity contribution in [1.82, 2.24) is 4.98 Å². The molecule has 1 aromatic heterocycles. The molecule has 1 fully saturated rings. The van der Waals surface area contributed by atoms with E-state index in [0.29, 0.717) is 5.92 Å². The molecular formula is C9H9F2N. The largest absolute Gasteiger partial charge is 0.215 e. The average Bonchev–Trinajstić information content (AvgIpc) is 1.79. The zero-order chi connectivity index (χ0) is 8.55. The third-order valence-corrected chi connectivity index (χ3v) is 2.36. The summed E-state index contributed by atoms with van der Waals surface area (Å²) < 4.78 is 25.2. The summed E-state index contributed by atoms with van der Waals surface area (Å²) in [5.41, 5.74) is 0.756. The van der Waals surface area contributed by atoms with Crippen molar-refractivity contribution in [3.8, 4) is 0 Å². The van der Waals surface area contributed by atoms with Gasteiger partial charge < -0.3 is 0 Å². The molecule has 0 aromatic carbocycles. The van der Waals surface area contributed by atoms with E-state index in [1.165, 1.54) is 12.1 Å². The van der Waals surface area contributed by atoms with E-state index in [1.807, 2.05) is 0 Å². The third kappa shape index (κ3) is 1.31. The van der Waals surface area contributed by atoms with Gasteiger partial charge in [0.05, 0.1) is 0 Å². The highest BCUT2D eigenvalue weighted by Gasteiger charge is 2.20. The van der Waals surface area contributed by atoms with E-state index in [0.717, 1.165) is 24.8 Å². The second-order valence-corrected chi connectivity index (χ2v) is 3.17. The Bertz CT molecular complexity index is 274. The Balaban J connectivity index is 2.30. The summed E-state index contributed by atoms with van der Waals surface area (Å²) in [5.74, 6) is -1.06. The quantitative estimate of drug-likeness (QED) is 0.589. The van der Waals surface area contributed by atoms with Crippen LogP contribution in [0.1, 0.15) is 30.7 Å². The lowest BCUT2D eigenvalue weighted by molar-refractivity contribution is 0.411. The van der Waals surface area contributed by atoms with Crippen molar-refractivity contribution in [2.24, 2.45) is 0 Å². The minimum atomic E-state index is -0.711. The lowest BCUT2D eigenvalue weighted by atomic mass is 9.80. The van der Waals surface area contributed by atoms with Gasteiger partial charge in [-0.2, -0.15) is 13.8 Å². The molecule has 1 aliphatic carbocycles. The molecule has 12 heavy (non-hydrogen) atoms. The first-order valence-corrected chi connectivity index (χ1v) is 4.09. The molecule has 0 aliphatic heterocycles. The Kier molecular flexibility index (Phi) is 1.79. The summed E-state index contributed by atoms with van der Waals surface area (Å²) in [7, 11) is 0. The fourth-order valence-electron chi connectivity index (χ4n) is 1.46. The maximum Gasteiger partial charge on any atom is 0.215 e. The van der Waals surface area contributed by atoms with E-state index in [9.17, 15) is 8.78 Å². The number of hydrogen-bond acceptors (Lipinski definition) is 1. The molecule has 0 unspecified atom stereocenters. The molecule has 0 saturated heterocycles. The third-order valence-electron chi connectivity index (χ3n) is 2.36. The zero-order valence-corrected chi connectivity index (χ0v) is 6.56. The van der Waals surface area contributed by atoms with Crippen molar-refractivity contribution in [1.29, 1.82) is 0 Å². The van der Waals surface area contributed by atoms with Crippen LogP contribution in [-0.4, -0.2) is 4.98 Å². The number of rotatable bonds is 1. The molecule has 0 amide bonds. The van der Waals surface area contributed by atoms with Crippen LogP contribution < -0.4 is 0 Å². The highest BCUT2D eigenvalue weighted by molar-refractivity contribution is 5.19. The second-order valence-electron chi connectivity index (χ2n) is 3.17. The van der Waals surface area contributed by atoms with Gasteiger partial charge in [0, 0.05) is 0 Å². The summed E-state index contributed by atoms with van der Waals surface area (Å²) in [5, 5.41) is 0. The standard InChI is InChI=1S/C9H9F2N/c10-8-4-7(5-9(11)12-8)6-2-1-3-6/h4-6H,1-3H2. The highest BCUT2D eigenvalue weighted by atomic mass is 19.1. The van der Waals surface area contributed by atoms with E-state index in [2.05, 4.69) is 4.98 Å². The summed E-state index contributed by atoms with van der Waals surface area (Å²) in [4.78, 5) is 3.04. The maximum absolute atomic E-state index is 12.6. The molecule has 1 nitrogen and oxygen atoms in total. The highest BCUT2D eigenvalue weighted by Crippen LogP contribution is 2.36. The molecule has 1 heterocycles. The predicted octanol–water partition coefficient (Wildman–Crippen LogP) is 2.63. The smallest absolute Gasteiger partial charge is 0.191 e. The average molecular weight is 169 g/mol. The molecular weight excluding hydrogens is 160 g/mol. The van der Waals surface area contributed by atoms with Crippen LogP contribution >= 0.6 is 0 Å². The summed E-state index contributed by atoms with van der Waals surface area (Å²) in [6, 6.07) is 2.65. The molecule has 1 aromatic rings. The first-order valence-electron chi connectivity index (χ1n) is 4.09. The number of aromatic nitrogens is 1. The molecule has 0 N–H and O–H groups in total. The Morgan fingerprint density at radius 3 is 2.17 bits per heavy atom. The molecule has 0 bridgehead atoms. The summed E-state index contributed by atoms with van der Waals surface area (Å²) in [6.07, 6.45) is 3.25. The molecule has 64 valence electrons. The Labute approximate surface area is 69.4 Å². The lowest BCUT2D eigenvalue weighted by Gasteiger charge is -2.25. The van der Waals surface area contributed by atoms with Crippen molar-refractivity contribution in [3.63, 3.8) is 0 Å². The van der Waals surface area contributed by atoms with Gasteiger partial charge in [0.15, 0.2) is 0 Å². The number of pyridine rings is 1. The van der Waals surface area contributed by atoms with Crippen LogP contribution in [-0.2, 0) is 0 Å². The topological polar surface area (TPSA) is 12.9 Å². The summed E-state index contributed by atoms with van der Waals surface area (Å²) in [6.45, 7) is 0. The van der Waals surface area contributed by atoms with Crippen LogP contribution in [0.2, 0.25) is 0 Å². The maximum atomic E-state index is 12.6. The Morgan fingerprint density at radius 1 is 1.17 bits per heavy atom. The zero-order valence-electron chi connectivity index (χ0n) is 6.56. The van der Waals surface area contributed by atoms with E-state index >= 15 is 0 Å². The summed E-state index contributed by atoms with van der Waals surface area (Å²) >= 11 is 0. The number of nitrogens with zero attached hydrogens (tertiary/aromatic N) is 1. The molecule has 0 spiro atoms. The van der Waals surface area contributed by atoms with Gasteiger partial charge in [0.1, 0.15) is 0 Å². The van der Waals surface area contributed by atoms with Crippen molar-refractivity contribution >= 4 is 0 Å². The fraction of sp³-hybridized carbons (Fsp3) is 0.444. The van der Waals surface area contributed by atoms with E-state index in [1.54, 1.807) is 0 Å². The van der Waals surface area contributed by atoms with E-state index < -0.39 is 11.9 Å². The van der Waals surface area contributed by atoms with Crippen LogP contribution in [0.4, 0.5) is 8.78 Å². The van der Waals surface area contributed by atoms with Gasteiger partial charge in [-0.3, -0.25) is 0 Å². The first-order chi connectivity index (χ1) is 5.75. The van der Waals surface area contributed by atoms with Crippen LogP contribution in [0, 0.1) is 11.9 Å². The first kappa shape index (κ1) is 7.65. The van der Waals surface area contributed by atoms with Crippen molar-refractivity contribution < 1.29 is 8.78 Å². The van der Waals surface area contributed by atoms with Crippen molar-refractivity contribution in [2.75, 3.05) is 0 Å². The molecule has 1 aliphatic rings. The molecule has 3 heteroatoms. The number of halogens is 2. The monoisotopic (exact) mass is 169 g/mol. The van der Waals surface area contributed by atoms with Gasteiger partial charge >= 0.3 is 0 Å². The van der Waals surface area contributed by atoms with Gasteiger partial charge in [-0.1, -0.05) is 6.42 Å². The molecule has 0 atom stereocenters. The SMILES string of the molecule is Fc1cc(C2CCC2)cc(F)n1. The lowest BCUT2D eigenvalue weighted by Crippen LogP contribution is -2.09. The van der Waals surface area contributed by atoms with Crippen LogP contribution in [0.5, 0.6) is 0 Å². The number of hydrogen-bond donors (Lipinski definition) is 0. The minimum Gasteiger partial charge on any atom is -0.191 e. The van der Waals surface area contributed by atoms with Crippen LogP contribution in [0.15, 0.2) is 12.1 Å². The fourth-order valence-corrected chi connectivity index (χ4v) is 1.46. The van der Waals surface area contributed by atoms with Crippen molar-refractivity contribution in [2.45, 2.75) is 25.2 Å².